The van der Waals surface area contributed by atoms with Crippen LogP contribution in [0.4, 0.5) is 5.69 Å². The number of methoxy groups -OCH3 is 1. The number of halogens is 1. The molecular weight excluding hydrogens is 258 g/mol. The number of nitrogens with one attached hydrogen (secondary N) is 1. The maximum Gasteiger partial charge on any atom is 0.294 e. The number of amides is 1. The average Bonchev–Trinajstić information content (AvgIpc) is 2.40. The first-order valence-electron chi connectivity index (χ1n) is 5.30. The van der Waals surface area contributed by atoms with Gasteiger partial charge >= 0.3 is 0 Å². The maximum absolute atomic E-state index is 11.9. The lowest BCUT2D eigenvalue weighted by Gasteiger charge is -2.16. The van der Waals surface area contributed by atoms with Crippen molar-refractivity contribution in [1.82, 2.24) is 0 Å². The highest BCUT2D eigenvalue weighted by Crippen LogP contribution is 2.28. The summed E-state index contributed by atoms with van der Waals surface area (Å²) in [6.45, 7) is 0.795. The van der Waals surface area contributed by atoms with E-state index < -0.39 is 5.91 Å². The minimum absolute atomic E-state index is 0.128. The highest BCUT2D eigenvalue weighted by molar-refractivity contribution is 6.31. The lowest BCUT2D eigenvalue weighted by molar-refractivity contribution is -0.117. The van der Waals surface area contributed by atoms with Gasteiger partial charge in [0.25, 0.3) is 5.91 Å². The molecule has 18 heavy (non-hydrogen) atoms. The normalized spacial score (nSPS) is 14.0. The molecule has 1 aliphatic heterocycles. The highest BCUT2D eigenvalue weighted by Gasteiger charge is 2.16. The van der Waals surface area contributed by atoms with Crippen LogP contribution in [0.25, 0.3) is 0 Å². The van der Waals surface area contributed by atoms with Crippen LogP contribution in [-0.2, 0) is 14.3 Å². The third-order valence-electron chi connectivity index (χ3n) is 2.28. The van der Waals surface area contributed by atoms with Gasteiger partial charge in [0.1, 0.15) is 25.2 Å². The van der Waals surface area contributed by atoms with Crippen molar-refractivity contribution in [2.45, 2.75) is 0 Å². The van der Waals surface area contributed by atoms with Crippen LogP contribution < -0.4 is 10.1 Å². The SMILES string of the molecule is COc1ccc(Cl)cc1NC(=O)C1=COCCO1. The minimum atomic E-state index is -0.407. The smallest absolute Gasteiger partial charge is 0.294 e. The van der Waals surface area contributed by atoms with Gasteiger partial charge in [-0.25, -0.2) is 0 Å². The summed E-state index contributed by atoms with van der Waals surface area (Å²) in [6.07, 6.45) is 1.29. The second-order valence-electron chi connectivity index (χ2n) is 3.50. The first-order valence-corrected chi connectivity index (χ1v) is 5.68. The van der Waals surface area contributed by atoms with Crippen LogP contribution in [0.2, 0.25) is 5.02 Å². The Morgan fingerprint density at radius 3 is 2.94 bits per heavy atom. The molecule has 1 heterocycles. The Morgan fingerprint density at radius 1 is 1.44 bits per heavy atom. The van der Waals surface area contributed by atoms with E-state index in [0.717, 1.165) is 0 Å². The van der Waals surface area contributed by atoms with Crippen molar-refractivity contribution in [2.24, 2.45) is 0 Å². The lowest BCUT2D eigenvalue weighted by atomic mass is 10.3. The molecule has 2 rings (SSSR count). The summed E-state index contributed by atoms with van der Waals surface area (Å²) in [7, 11) is 1.51. The van der Waals surface area contributed by atoms with E-state index in [2.05, 4.69) is 5.32 Å². The van der Waals surface area contributed by atoms with Crippen LogP contribution in [-0.4, -0.2) is 26.2 Å². The van der Waals surface area contributed by atoms with E-state index >= 15 is 0 Å². The first kappa shape index (κ1) is 12.6. The largest absolute Gasteiger partial charge is 0.495 e. The maximum atomic E-state index is 11.9. The molecule has 0 aliphatic carbocycles. The number of hydrogen-bond acceptors (Lipinski definition) is 4. The summed E-state index contributed by atoms with van der Waals surface area (Å²) < 4.78 is 15.3. The Bertz CT molecular complexity index is 487. The number of carbonyl (C=O) groups is 1. The molecule has 1 aromatic carbocycles. The van der Waals surface area contributed by atoms with Gasteiger partial charge in [0.15, 0.2) is 0 Å². The molecule has 5 nitrogen and oxygen atoms in total. The Kier molecular flexibility index (Phi) is 3.94. The van der Waals surface area contributed by atoms with Gasteiger partial charge in [-0.1, -0.05) is 11.6 Å². The number of anilines is 1. The fourth-order valence-electron chi connectivity index (χ4n) is 1.45. The number of rotatable bonds is 3. The van der Waals surface area contributed by atoms with Crippen LogP contribution in [0, 0.1) is 0 Å². The molecule has 1 aliphatic rings. The molecule has 1 aromatic rings. The van der Waals surface area contributed by atoms with Gasteiger partial charge in [0.2, 0.25) is 5.76 Å². The molecular formula is C12H12ClNO4. The van der Waals surface area contributed by atoms with Gasteiger partial charge in [0.05, 0.1) is 12.8 Å². The number of ether oxygens (including phenoxy) is 3. The predicted molar refractivity (Wildman–Crippen MR) is 66.6 cm³/mol. The van der Waals surface area contributed by atoms with E-state index in [9.17, 15) is 4.79 Å². The number of hydrogen-bond donors (Lipinski definition) is 1. The van der Waals surface area contributed by atoms with Crippen molar-refractivity contribution >= 4 is 23.2 Å². The molecule has 1 amide bonds. The van der Waals surface area contributed by atoms with Crippen LogP contribution in [0.5, 0.6) is 5.75 Å². The second kappa shape index (κ2) is 5.64. The van der Waals surface area contributed by atoms with Crippen LogP contribution in [0.3, 0.4) is 0 Å². The van der Waals surface area contributed by atoms with Crippen molar-refractivity contribution < 1.29 is 19.0 Å². The van der Waals surface area contributed by atoms with E-state index in [4.69, 9.17) is 25.8 Å². The molecule has 0 saturated carbocycles. The van der Waals surface area contributed by atoms with Gasteiger partial charge in [0, 0.05) is 5.02 Å². The minimum Gasteiger partial charge on any atom is -0.495 e. The molecule has 96 valence electrons. The molecule has 0 radical (unpaired) electrons. The van der Waals surface area contributed by atoms with Gasteiger partial charge in [-0.2, -0.15) is 0 Å². The van der Waals surface area contributed by atoms with Crippen molar-refractivity contribution in [3.63, 3.8) is 0 Å². The molecule has 0 unspecified atom stereocenters. The summed E-state index contributed by atoms with van der Waals surface area (Å²) in [5.41, 5.74) is 0.477. The summed E-state index contributed by atoms with van der Waals surface area (Å²) in [5, 5.41) is 3.15. The van der Waals surface area contributed by atoms with E-state index in [1.165, 1.54) is 13.4 Å². The predicted octanol–water partition coefficient (Wildman–Crippen LogP) is 2.18. The summed E-state index contributed by atoms with van der Waals surface area (Å²) >= 11 is 5.87. The third kappa shape index (κ3) is 2.87. The topological polar surface area (TPSA) is 56.8 Å². The molecule has 0 spiro atoms. The zero-order chi connectivity index (χ0) is 13.0. The zero-order valence-corrected chi connectivity index (χ0v) is 10.5. The fourth-order valence-corrected chi connectivity index (χ4v) is 1.62. The summed E-state index contributed by atoms with van der Waals surface area (Å²) in [6, 6.07) is 4.95. The molecule has 0 fully saturated rings. The molecule has 1 N–H and O–H groups in total. The monoisotopic (exact) mass is 269 g/mol. The summed E-state index contributed by atoms with van der Waals surface area (Å²) in [4.78, 5) is 11.9. The number of carbonyl (C=O) groups excluding carboxylic acids is 1. The fraction of sp³-hybridized carbons (Fsp3) is 0.250. The average molecular weight is 270 g/mol. The first-order chi connectivity index (χ1) is 8.70. The van der Waals surface area contributed by atoms with E-state index in [0.29, 0.717) is 29.7 Å². The Labute approximate surface area is 109 Å². The van der Waals surface area contributed by atoms with Gasteiger partial charge in [-0.05, 0) is 18.2 Å². The molecule has 0 aromatic heterocycles. The number of benzene rings is 1. The molecule has 0 atom stereocenters. The van der Waals surface area contributed by atoms with Gasteiger partial charge in [-0.3, -0.25) is 4.79 Å². The highest BCUT2D eigenvalue weighted by atomic mass is 35.5. The Hall–Kier alpha value is -1.88. The molecule has 0 saturated heterocycles. The van der Waals surface area contributed by atoms with Crippen molar-refractivity contribution in [3.05, 3.63) is 35.2 Å². The second-order valence-corrected chi connectivity index (χ2v) is 3.94. The van der Waals surface area contributed by atoms with Gasteiger partial charge in [-0.15, -0.1) is 0 Å². The quantitative estimate of drug-likeness (QED) is 0.914. The zero-order valence-electron chi connectivity index (χ0n) is 9.73. The van der Waals surface area contributed by atoms with E-state index in [-0.39, 0.29) is 5.76 Å². The van der Waals surface area contributed by atoms with Crippen LogP contribution in [0.1, 0.15) is 0 Å². The van der Waals surface area contributed by atoms with E-state index in [1.54, 1.807) is 18.2 Å². The summed E-state index contributed by atoms with van der Waals surface area (Å²) in [5.74, 6) is 0.239. The molecule has 6 heteroatoms. The Balaban J connectivity index is 2.15. The lowest BCUT2D eigenvalue weighted by Crippen LogP contribution is -2.21. The Morgan fingerprint density at radius 2 is 2.28 bits per heavy atom. The van der Waals surface area contributed by atoms with Crippen LogP contribution in [0.15, 0.2) is 30.2 Å². The van der Waals surface area contributed by atoms with Crippen molar-refractivity contribution in [2.75, 3.05) is 25.6 Å². The van der Waals surface area contributed by atoms with Crippen molar-refractivity contribution in [3.8, 4) is 5.75 Å². The van der Waals surface area contributed by atoms with Crippen molar-refractivity contribution in [1.29, 1.82) is 0 Å². The molecule has 0 bridgehead atoms. The van der Waals surface area contributed by atoms with E-state index in [1.807, 2.05) is 0 Å². The third-order valence-corrected chi connectivity index (χ3v) is 2.52. The van der Waals surface area contributed by atoms with Crippen LogP contribution >= 0.6 is 11.6 Å². The van der Waals surface area contributed by atoms with Gasteiger partial charge < -0.3 is 19.5 Å². The standard InChI is InChI=1S/C12H12ClNO4/c1-16-10-3-2-8(13)6-9(10)14-12(15)11-7-17-4-5-18-11/h2-3,6-7H,4-5H2,1H3,(H,14,15).